The molecular weight excluding hydrogens is 337 g/mol. The van der Waals surface area contributed by atoms with Gasteiger partial charge in [-0.05, 0) is 11.6 Å². The average Bonchev–Trinajstić information content (AvgIpc) is 2.99. The second-order valence-corrected chi connectivity index (χ2v) is 5.42. The third-order valence-electron chi connectivity index (χ3n) is 3.11. The van der Waals surface area contributed by atoms with Crippen LogP contribution in [0.3, 0.4) is 0 Å². The Morgan fingerprint density at radius 2 is 2.04 bits per heavy atom. The molecule has 1 amide bonds. The molecule has 0 saturated carbocycles. The van der Waals surface area contributed by atoms with Gasteiger partial charge in [0.1, 0.15) is 11.5 Å². The molecule has 0 atom stereocenters. The fourth-order valence-electron chi connectivity index (χ4n) is 1.99. The summed E-state index contributed by atoms with van der Waals surface area (Å²) in [6, 6.07) is 7.06. The Balaban J connectivity index is 1.80. The van der Waals surface area contributed by atoms with Crippen LogP contribution in [-0.4, -0.2) is 25.7 Å². The maximum absolute atomic E-state index is 12.1. The Labute approximate surface area is 142 Å². The molecule has 0 radical (unpaired) electrons. The largest absolute Gasteiger partial charge is 0.305 e. The van der Waals surface area contributed by atoms with E-state index in [0.717, 1.165) is 5.56 Å². The highest BCUT2D eigenvalue weighted by Crippen LogP contribution is 2.26. The molecular formula is C15H11Cl2N5O. The summed E-state index contributed by atoms with van der Waals surface area (Å²) in [5, 5.41) is 7.88. The van der Waals surface area contributed by atoms with Crippen LogP contribution >= 0.6 is 23.2 Å². The van der Waals surface area contributed by atoms with Crippen LogP contribution in [0, 0.1) is 0 Å². The monoisotopic (exact) mass is 347 g/mol. The van der Waals surface area contributed by atoms with Crippen LogP contribution in [0.4, 0.5) is 5.82 Å². The summed E-state index contributed by atoms with van der Waals surface area (Å²) in [5.74, 6) is 0.161. The zero-order valence-corrected chi connectivity index (χ0v) is 13.3. The molecule has 23 heavy (non-hydrogen) atoms. The van der Waals surface area contributed by atoms with Crippen molar-refractivity contribution >= 4 is 34.9 Å². The lowest BCUT2D eigenvalue weighted by Gasteiger charge is -2.10. The predicted octanol–water partition coefficient (Wildman–Crippen LogP) is 3.28. The van der Waals surface area contributed by atoms with E-state index in [9.17, 15) is 4.79 Å². The number of amides is 1. The summed E-state index contributed by atoms with van der Waals surface area (Å²) in [7, 11) is 0. The first-order valence-corrected chi connectivity index (χ1v) is 7.43. The van der Waals surface area contributed by atoms with E-state index in [1.807, 2.05) is 12.1 Å². The van der Waals surface area contributed by atoms with Gasteiger partial charge in [-0.25, -0.2) is 9.67 Å². The van der Waals surface area contributed by atoms with Crippen molar-refractivity contribution < 1.29 is 4.79 Å². The summed E-state index contributed by atoms with van der Waals surface area (Å²) in [4.78, 5) is 20.0. The molecule has 6 nitrogen and oxygen atoms in total. The van der Waals surface area contributed by atoms with Crippen molar-refractivity contribution in [1.82, 2.24) is 19.7 Å². The zero-order chi connectivity index (χ0) is 16.2. The number of aromatic nitrogens is 4. The van der Waals surface area contributed by atoms with Crippen molar-refractivity contribution in [3.05, 3.63) is 70.4 Å². The minimum absolute atomic E-state index is 0.223. The fourth-order valence-corrected chi connectivity index (χ4v) is 2.37. The van der Waals surface area contributed by atoms with Crippen LogP contribution < -0.4 is 5.32 Å². The van der Waals surface area contributed by atoms with Gasteiger partial charge in [0.25, 0.3) is 5.91 Å². The van der Waals surface area contributed by atoms with Crippen LogP contribution in [0.15, 0.2) is 49.1 Å². The Hall–Kier alpha value is -2.44. The van der Waals surface area contributed by atoms with Crippen molar-refractivity contribution in [3.8, 4) is 0 Å². The first-order chi connectivity index (χ1) is 11.1. The van der Waals surface area contributed by atoms with Gasteiger partial charge in [0.15, 0.2) is 0 Å². The molecule has 1 aromatic carbocycles. The Morgan fingerprint density at radius 3 is 2.83 bits per heavy atom. The summed E-state index contributed by atoms with van der Waals surface area (Å²) in [6.07, 6.45) is 5.94. The van der Waals surface area contributed by atoms with E-state index >= 15 is 0 Å². The van der Waals surface area contributed by atoms with Crippen molar-refractivity contribution in [2.75, 3.05) is 5.32 Å². The van der Waals surface area contributed by atoms with Crippen LogP contribution in [0.2, 0.25) is 10.0 Å². The summed E-state index contributed by atoms with van der Waals surface area (Å²) in [6.45, 7) is 0.377. The number of carbonyl (C=O) groups is 1. The quantitative estimate of drug-likeness (QED) is 0.785. The number of hydrogen-bond donors (Lipinski definition) is 1. The van der Waals surface area contributed by atoms with Crippen LogP contribution in [0.5, 0.6) is 0 Å². The smallest absolute Gasteiger partial charge is 0.277 e. The third kappa shape index (κ3) is 3.49. The molecule has 0 spiro atoms. The molecule has 116 valence electrons. The molecule has 0 fully saturated rings. The minimum Gasteiger partial charge on any atom is -0.305 e. The molecule has 3 rings (SSSR count). The summed E-state index contributed by atoms with van der Waals surface area (Å²) >= 11 is 12.2. The first-order valence-electron chi connectivity index (χ1n) is 6.67. The number of rotatable bonds is 4. The number of benzene rings is 1. The van der Waals surface area contributed by atoms with Crippen molar-refractivity contribution in [2.45, 2.75) is 6.54 Å². The Bertz CT molecular complexity index is 835. The highest BCUT2D eigenvalue weighted by Gasteiger charge is 2.12. The molecule has 2 heterocycles. The molecule has 0 bridgehead atoms. The van der Waals surface area contributed by atoms with E-state index in [0.29, 0.717) is 22.4 Å². The molecule has 2 aromatic heterocycles. The van der Waals surface area contributed by atoms with Crippen LogP contribution in [-0.2, 0) is 6.54 Å². The van der Waals surface area contributed by atoms with E-state index in [1.165, 1.54) is 18.6 Å². The SMILES string of the molecule is O=C(Nc1ccnn1Cc1cccc(Cl)c1Cl)c1cnccn1. The van der Waals surface area contributed by atoms with Crippen LogP contribution in [0.25, 0.3) is 0 Å². The maximum atomic E-state index is 12.1. The highest BCUT2D eigenvalue weighted by atomic mass is 35.5. The second kappa shape index (κ2) is 6.76. The van der Waals surface area contributed by atoms with Gasteiger partial charge in [-0.1, -0.05) is 35.3 Å². The van der Waals surface area contributed by atoms with Crippen molar-refractivity contribution in [2.24, 2.45) is 0 Å². The second-order valence-electron chi connectivity index (χ2n) is 4.63. The highest BCUT2D eigenvalue weighted by molar-refractivity contribution is 6.42. The molecule has 0 aliphatic heterocycles. The number of nitrogens with zero attached hydrogens (tertiary/aromatic N) is 4. The van der Waals surface area contributed by atoms with Crippen LogP contribution in [0.1, 0.15) is 16.1 Å². The van der Waals surface area contributed by atoms with Gasteiger partial charge in [-0.15, -0.1) is 0 Å². The summed E-state index contributed by atoms with van der Waals surface area (Å²) in [5.41, 5.74) is 1.03. The predicted molar refractivity (Wildman–Crippen MR) is 87.8 cm³/mol. The topological polar surface area (TPSA) is 72.7 Å². The maximum Gasteiger partial charge on any atom is 0.277 e. The molecule has 3 aromatic rings. The summed E-state index contributed by atoms with van der Waals surface area (Å²) < 4.78 is 1.62. The van der Waals surface area contributed by atoms with Gasteiger partial charge in [-0.3, -0.25) is 9.78 Å². The van der Waals surface area contributed by atoms with Gasteiger partial charge in [0.05, 0.1) is 29.0 Å². The molecule has 0 saturated heterocycles. The van der Waals surface area contributed by atoms with Gasteiger partial charge < -0.3 is 5.32 Å². The van der Waals surface area contributed by atoms with E-state index in [4.69, 9.17) is 23.2 Å². The van der Waals surface area contributed by atoms with Gasteiger partial charge in [0, 0.05) is 18.5 Å². The number of hydrogen-bond acceptors (Lipinski definition) is 4. The van der Waals surface area contributed by atoms with E-state index in [-0.39, 0.29) is 11.6 Å². The van der Waals surface area contributed by atoms with E-state index < -0.39 is 0 Å². The zero-order valence-electron chi connectivity index (χ0n) is 11.8. The number of anilines is 1. The Kier molecular flexibility index (Phi) is 4.55. The van der Waals surface area contributed by atoms with Gasteiger partial charge >= 0.3 is 0 Å². The lowest BCUT2D eigenvalue weighted by molar-refractivity contribution is 0.102. The standard InChI is InChI=1S/C15H11Cl2N5O/c16-11-3-1-2-10(14(11)17)9-22-13(4-5-20-22)21-15(23)12-8-18-6-7-19-12/h1-8H,9H2,(H,21,23). The molecule has 0 unspecified atom stereocenters. The van der Waals surface area contributed by atoms with Crippen molar-refractivity contribution in [3.63, 3.8) is 0 Å². The Morgan fingerprint density at radius 1 is 1.17 bits per heavy atom. The number of nitrogens with one attached hydrogen (secondary N) is 1. The molecule has 0 aliphatic rings. The number of halogens is 2. The van der Waals surface area contributed by atoms with Gasteiger partial charge in [-0.2, -0.15) is 5.10 Å². The normalized spacial score (nSPS) is 10.5. The lowest BCUT2D eigenvalue weighted by atomic mass is 10.2. The molecule has 8 heteroatoms. The first kappa shape index (κ1) is 15.5. The van der Waals surface area contributed by atoms with E-state index in [1.54, 1.807) is 23.0 Å². The van der Waals surface area contributed by atoms with Gasteiger partial charge in [0.2, 0.25) is 0 Å². The third-order valence-corrected chi connectivity index (χ3v) is 3.96. The fraction of sp³-hybridized carbons (Fsp3) is 0.0667. The molecule has 0 aliphatic carbocycles. The average molecular weight is 348 g/mol. The minimum atomic E-state index is -0.364. The molecule has 1 N–H and O–H groups in total. The lowest BCUT2D eigenvalue weighted by Crippen LogP contribution is -2.17. The van der Waals surface area contributed by atoms with Crippen molar-refractivity contribution in [1.29, 1.82) is 0 Å². The van der Waals surface area contributed by atoms with E-state index in [2.05, 4.69) is 20.4 Å². The number of carbonyl (C=O) groups excluding carboxylic acids is 1.